The number of piperidine rings is 1. The molecule has 1 aromatic carbocycles. The number of rotatable bonds is 6. The first-order valence-corrected chi connectivity index (χ1v) is 9.89. The summed E-state index contributed by atoms with van der Waals surface area (Å²) in [6.45, 7) is 3.30. The van der Waals surface area contributed by atoms with Gasteiger partial charge < -0.3 is 9.84 Å². The van der Waals surface area contributed by atoms with E-state index in [2.05, 4.69) is 4.90 Å². The second-order valence-electron chi connectivity index (χ2n) is 7.51. The lowest BCUT2D eigenvalue weighted by Crippen LogP contribution is -2.46. The largest absolute Gasteiger partial charge is 0.462 e. The zero-order chi connectivity index (χ0) is 17.5. The maximum Gasteiger partial charge on any atom is 0.343 e. The van der Waals surface area contributed by atoms with Crippen molar-refractivity contribution in [2.75, 3.05) is 26.2 Å². The molecular formula is C21H32ClNO3. The maximum absolute atomic E-state index is 12.9. The molecule has 1 heterocycles. The Bertz CT molecular complexity index is 541. The highest BCUT2D eigenvalue weighted by molar-refractivity contribution is 5.85. The van der Waals surface area contributed by atoms with E-state index in [-0.39, 0.29) is 18.3 Å². The zero-order valence-electron chi connectivity index (χ0n) is 15.6. The molecule has 2 aliphatic rings. The molecule has 0 amide bonds. The summed E-state index contributed by atoms with van der Waals surface area (Å²) in [5.74, 6) is -0.520. The summed E-state index contributed by atoms with van der Waals surface area (Å²) in [6, 6.07) is 9.36. The van der Waals surface area contributed by atoms with Crippen molar-refractivity contribution in [3.05, 3.63) is 35.9 Å². The second kappa shape index (κ2) is 10.3. The van der Waals surface area contributed by atoms with Gasteiger partial charge in [-0.2, -0.15) is 0 Å². The Balaban J connectivity index is 0.00000243. The van der Waals surface area contributed by atoms with Crippen LogP contribution in [0.25, 0.3) is 0 Å². The molecule has 1 atom stereocenters. The molecular weight excluding hydrogens is 350 g/mol. The number of ether oxygens (including phenoxy) is 1. The number of hydrogen-bond donors (Lipinski definition) is 1. The smallest absolute Gasteiger partial charge is 0.343 e. The average molecular weight is 382 g/mol. The van der Waals surface area contributed by atoms with Crippen LogP contribution in [0, 0.1) is 5.92 Å². The molecule has 0 spiro atoms. The molecule has 3 rings (SSSR count). The second-order valence-corrected chi connectivity index (χ2v) is 7.51. The van der Waals surface area contributed by atoms with Gasteiger partial charge in [-0.25, -0.2) is 4.79 Å². The van der Waals surface area contributed by atoms with Crippen molar-refractivity contribution in [3.8, 4) is 0 Å². The van der Waals surface area contributed by atoms with Crippen molar-refractivity contribution in [1.82, 2.24) is 4.90 Å². The average Bonchev–Trinajstić information content (AvgIpc) is 2.69. The predicted octanol–water partition coefficient (Wildman–Crippen LogP) is 3.91. The number of esters is 1. The van der Waals surface area contributed by atoms with Gasteiger partial charge >= 0.3 is 5.97 Å². The topological polar surface area (TPSA) is 49.8 Å². The van der Waals surface area contributed by atoms with Gasteiger partial charge in [-0.15, -0.1) is 12.4 Å². The Morgan fingerprint density at radius 2 is 1.65 bits per heavy atom. The third-order valence-corrected chi connectivity index (χ3v) is 5.81. The van der Waals surface area contributed by atoms with Gasteiger partial charge in [0.15, 0.2) is 5.60 Å². The monoisotopic (exact) mass is 381 g/mol. The van der Waals surface area contributed by atoms with Crippen molar-refractivity contribution >= 4 is 18.4 Å². The lowest BCUT2D eigenvalue weighted by molar-refractivity contribution is -0.176. The van der Waals surface area contributed by atoms with Gasteiger partial charge in [0.05, 0.1) is 0 Å². The van der Waals surface area contributed by atoms with E-state index in [1.54, 1.807) is 0 Å². The van der Waals surface area contributed by atoms with E-state index < -0.39 is 11.6 Å². The summed E-state index contributed by atoms with van der Waals surface area (Å²) in [5.41, 5.74) is -0.839. The highest BCUT2D eigenvalue weighted by Gasteiger charge is 2.47. The molecule has 1 N–H and O–H groups in total. The summed E-state index contributed by atoms with van der Waals surface area (Å²) in [7, 11) is 0. The molecule has 1 saturated heterocycles. The molecule has 146 valence electrons. The Morgan fingerprint density at radius 3 is 2.31 bits per heavy atom. The summed E-state index contributed by atoms with van der Waals surface area (Å²) >= 11 is 0. The van der Waals surface area contributed by atoms with E-state index in [0.29, 0.717) is 12.2 Å². The van der Waals surface area contributed by atoms with Gasteiger partial charge in [0.2, 0.25) is 0 Å². The summed E-state index contributed by atoms with van der Waals surface area (Å²) in [6.07, 6.45) is 8.84. The van der Waals surface area contributed by atoms with Crippen LogP contribution < -0.4 is 0 Å². The lowest BCUT2D eigenvalue weighted by Gasteiger charge is -2.37. The molecule has 26 heavy (non-hydrogen) atoms. The van der Waals surface area contributed by atoms with Crippen LogP contribution in [0.4, 0.5) is 0 Å². The Kier molecular flexibility index (Phi) is 8.39. The quantitative estimate of drug-likeness (QED) is 0.759. The minimum Gasteiger partial charge on any atom is -0.462 e. The summed E-state index contributed by atoms with van der Waals surface area (Å²) < 4.78 is 5.59. The molecule has 0 bridgehead atoms. The van der Waals surface area contributed by atoms with Crippen LogP contribution in [0.2, 0.25) is 0 Å². The fraction of sp³-hybridized carbons (Fsp3) is 0.667. The minimum absolute atomic E-state index is 0. The normalized spacial score (nSPS) is 21.4. The van der Waals surface area contributed by atoms with Crippen molar-refractivity contribution in [2.45, 2.75) is 57.0 Å². The van der Waals surface area contributed by atoms with Crippen molar-refractivity contribution in [3.63, 3.8) is 0 Å². The fourth-order valence-corrected chi connectivity index (χ4v) is 4.29. The van der Waals surface area contributed by atoms with Crippen LogP contribution in [0.3, 0.4) is 0 Å². The number of benzene rings is 1. The Morgan fingerprint density at radius 1 is 1.04 bits per heavy atom. The number of aliphatic hydroxyl groups is 1. The molecule has 0 radical (unpaired) electrons. The molecule has 4 nitrogen and oxygen atoms in total. The van der Waals surface area contributed by atoms with Crippen molar-refractivity contribution in [2.24, 2.45) is 5.92 Å². The first-order chi connectivity index (χ1) is 12.2. The summed E-state index contributed by atoms with van der Waals surface area (Å²) in [4.78, 5) is 15.3. The van der Waals surface area contributed by atoms with Gasteiger partial charge in [-0.3, -0.25) is 4.90 Å². The molecule has 1 unspecified atom stereocenters. The van der Waals surface area contributed by atoms with Gasteiger partial charge in [-0.05, 0) is 44.3 Å². The molecule has 1 aliphatic carbocycles. The van der Waals surface area contributed by atoms with Gasteiger partial charge in [0.1, 0.15) is 6.61 Å². The standard InChI is InChI=1S/C21H31NO3.ClH/c23-20(25-17-16-22-14-8-3-9-15-22)21(24,18-10-4-1-5-11-18)19-12-6-2-7-13-19;/h1,4-5,10-11,19,24H,2-3,6-9,12-17H2;1H. The number of carbonyl (C=O) groups excluding carboxylic acids is 1. The lowest BCUT2D eigenvalue weighted by atomic mass is 9.73. The summed E-state index contributed by atoms with van der Waals surface area (Å²) in [5, 5.41) is 11.4. The van der Waals surface area contributed by atoms with Gasteiger partial charge in [0.25, 0.3) is 0 Å². The van der Waals surface area contributed by atoms with E-state index in [1.807, 2.05) is 30.3 Å². The first-order valence-electron chi connectivity index (χ1n) is 9.89. The third-order valence-electron chi connectivity index (χ3n) is 5.81. The van der Waals surface area contributed by atoms with Crippen LogP contribution in [0.5, 0.6) is 0 Å². The molecule has 1 aliphatic heterocycles. The predicted molar refractivity (Wildman–Crippen MR) is 105 cm³/mol. The molecule has 2 fully saturated rings. The zero-order valence-corrected chi connectivity index (χ0v) is 16.4. The van der Waals surface area contributed by atoms with E-state index in [1.165, 1.54) is 25.7 Å². The van der Waals surface area contributed by atoms with Crippen molar-refractivity contribution in [1.29, 1.82) is 0 Å². The number of nitrogens with zero attached hydrogens (tertiary/aromatic N) is 1. The van der Waals surface area contributed by atoms with Crippen LogP contribution >= 0.6 is 12.4 Å². The Labute approximate surface area is 163 Å². The Hall–Kier alpha value is -1.10. The molecule has 1 saturated carbocycles. The number of halogens is 1. The number of hydrogen-bond acceptors (Lipinski definition) is 4. The maximum atomic E-state index is 12.9. The van der Waals surface area contributed by atoms with Crippen LogP contribution in [0.15, 0.2) is 30.3 Å². The highest BCUT2D eigenvalue weighted by Crippen LogP contribution is 2.40. The van der Waals surface area contributed by atoms with Crippen LogP contribution in [-0.2, 0) is 15.1 Å². The van der Waals surface area contributed by atoms with E-state index in [4.69, 9.17) is 4.74 Å². The molecule has 0 aromatic heterocycles. The number of carbonyl (C=O) groups is 1. The minimum atomic E-state index is -1.51. The van der Waals surface area contributed by atoms with Crippen molar-refractivity contribution < 1.29 is 14.6 Å². The number of likely N-dealkylation sites (tertiary alicyclic amines) is 1. The third kappa shape index (κ3) is 4.99. The van der Waals surface area contributed by atoms with Gasteiger partial charge in [-0.1, -0.05) is 56.0 Å². The van der Waals surface area contributed by atoms with E-state index in [9.17, 15) is 9.90 Å². The van der Waals surface area contributed by atoms with Crippen LogP contribution in [-0.4, -0.2) is 42.2 Å². The SMILES string of the molecule is Cl.O=C(OCCN1CCCCC1)C(O)(c1ccccc1)C1CCCCC1. The molecule has 1 aromatic rings. The van der Waals surface area contributed by atoms with E-state index in [0.717, 1.165) is 45.3 Å². The first kappa shape index (κ1) is 21.2. The van der Waals surface area contributed by atoms with Crippen LogP contribution in [0.1, 0.15) is 56.9 Å². The fourth-order valence-electron chi connectivity index (χ4n) is 4.29. The van der Waals surface area contributed by atoms with Gasteiger partial charge in [0, 0.05) is 12.5 Å². The van der Waals surface area contributed by atoms with E-state index >= 15 is 0 Å². The molecule has 5 heteroatoms. The highest BCUT2D eigenvalue weighted by atomic mass is 35.5.